The summed E-state index contributed by atoms with van der Waals surface area (Å²) in [6.45, 7) is 0. The zero-order valence-corrected chi connectivity index (χ0v) is 17.4. The van der Waals surface area contributed by atoms with Crippen molar-refractivity contribution < 1.29 is 29.4 Å². The van der Waals surface area contributed by atoms with Gasteiger partial charge in [0.2, 0.25) is 11.8 Å². The molecular formula is C23H27N3O6. The maximum atomic E-state index is 12.8. The third-order valence-electron chi connectivity index (χ3n) is 4.81. The minimum Gasteiger partial charge on any atom is -0.481 e. The second-order valence-electron chi connectivity index (χ2n) is 7.38. The van der Waals surface area contributed by atoms with Crippen LogP contribution in [0.3, 0.4) is 0 Å². The molecule has 0 bridgehead atoms. The molecule has 0 saturated carbocycles. The van der Waals surface area contributed by atoms with E-state index in [1.54, 1.807) is 30.3 Å². The van der Waals surface area contributed by atoms with Crippen molar-refractivity contribution in [3.8, 4) is 0 Å². The summed E-state index contributed by atoms with van der Waals surface area (Å²) in [6, 6.07) is 14.7. The molecule has 0 spiro atoms. The molecule has 6 N–H and O–H groups in total. The molecule has 2 aromatic carbocycles. The quantitative estimate of drug-likeness (QED) is 0.324. The van der Waals surface area contributed by atoms with E-state index in [0.29, 0.717) is 0 Å². The molecule has 2 aromatic rings. The first-order valence-electron chi connectivity index (χ1n) is 10.1. The summed E-state index contributed by atoms with van der Waals surface area (Å²) >= 11 is 0. The van der Waals surface area contributed by atoms with Crippen LogP contribution in [0.2, 0.25) is 0 Å². The number of aliphatic carboxylic acids is 2. The van der Waals surface area contributed by atoms with Crippen LogP contribution in [0.4, 0.5) is 0 Å². The number of benzene rings is 2. The van der Waals surface area contributed by atoms with Gasteiger partial charge in [-0.15, -0.1) is 0 Å². The van der Waals surface area contributed by atoms with Crippen LogP contribution in [0, 0.1) is 0 Å². The highest BCUT2D eigenvalue weighted by Crippen LogP contribution is 2.07. The van der Waals surface area contributed by atoms with E-state index in [4.69, 9.17) is 10.8 Å². The zero-order valence-electron chi connectivity index (χ0n) is 17.4. The van der Waals surface area contributed by atoms with Gasteiger partial charge >= 0.3 is 11.9 Å². The number of carbonyl (C=O) groups is 4. The summed E-state index contributed by atoms with van der Waals surface area (Å²) in [4.78, 5) is 47.8. The second-order valence-corrected chi connectivity index (χ2v) is 7.38. The molecule has 0 aliphatic carbocycles. The van der Waals surface area contributed by atoms with Gasteiger partial charge in [-0.1, -0.05) is 60.7 Å². The lowest BCUT2D eigenvalue weighted by Crippen LogP contribution is -2.55. The van der Waals surface area contributed by atoms with E-state index in [0.717, 1.165) is 11.1 Å². The summed E-state index contributed by atoms with van der Waals surface area (Å²) in [5.41, 5.74) is 7.63. The lowest BCUT2D eigenvalue weighted by atomic mass is 10.0. The maximum absolute atomic E-state index is 12.8. The Morgan fingerprint density at radius 2 is 1.25 bits per heavy atom. The van der Waals surface area contributed by atoms with Crippen molar-refractivity contribution in [1.29, 1.82) is 0 Å². The Labute approximate surface area is 185 Å². The first kappa shape index (κ1) is 24.5. The standard InChI is InChI=1S/C23H27N3O6/c24-17(13-15-7-3-1-4-8-15)21(29)26-19(14-16-9-5-2-6-10-16)22(30)25-18(23(31)32)11-12-20(27)28/h1-10,17-19H,11-14,24H2,(H,25,30)(H,26,29)(H,27,28)(H,31,32). The number of hydrogen-bond donors (Lipinski definition) is 5. The highest BCUT2D eigenvalue weighted by molar-refractivity contribution is 5.92. The summed E-state index contributed by atoms with van der Waals surface area (Å²) < 4.78 is 0. The Bertz CT molecular complexity index is 920. The van der Waals surface area contributed by atoms with Gasteiger partial charge in [-0.25, -0.2) is 4.79 Å². The number of carboxylic acids is 2. The van der Waals surface area contributed by atoms with E-state index in [9.17, 15) is 24.3 Å². The number of nitrogens with one attached hydrogen (secondary N) is 2. The monoisotopic (exact) mass is 441 g/mol. The average Bonchev–Trinajstić information content (AvgIpc) is 2.77. The molecule has 3 atom stereocenters. The van der Waals surface area contributed by atoms with Crippen LogP contribution in [0.5, 0.6) is 0 Å². The molecule has 0 aliphatic rings. The zero-order chi connectivity index (χ0) is 23.5. The van der Waals surface area contributed by atoms with Gasteiger partial charge in [-0.2, -0.15) is 0 Å². The molecule has 170 valence electrons. The van der Waals surface area contributed by atoms with Crippen molar-refractivity contribution >= 4 is 23.8 Å². The first-order valence-corrected chi connectivity index (χ1v) is 10.1. The fourth-order valence-electron chi connectivity index (χ4n) is 3.10. The lowest BCUT2D eigenvalue weighted by Gasteiger charge is -2.23. The molecule has 0 radical (unpaired) electrons. The number of nitrogens with two attached hydrogens (primary N) is 1. The molecule has 3 unspecified atom stereocenters. The summed E-state index contributed by atoms with van der Waals surface area (Å²) in [6.07, 6.45) is -0.324. The van der Waals surface area contributed by atoms with Gasteiger partial charge in [0.05, 0.1) is 6.04 Å². The van der Waals surface area contributed by atoms with Crippen molar-refractivity contribution in [3.05, 3.63) is 71.8 Å². The molecule has 32 heavy (non-hydrogen) atoms. The van der Waals surface area contributed by atoms with Gasteiger partial charge in [-0.3, -0.25) is 14.4 Å². The minimum atomic E-state index is -1.40. The van der Waals surface area contributed by atoms with Crippen molar-refractivity contribution in [3.63, 3.8) is 0 Å². The fraction of sp³-hybridized carbons (Fsp3) is 0.304. The van der Waals surface area contributed by atoms with E-state index in [2.05, 4.69) is 10.6 Å². The number of carbonyl (C=O) groups excluding carboxylic acids is 2. The molecule has 0 fully saturated rings. The maximum Gasteiger partial charge on any atom is 0.326 e. The molecule has 0 aromatic heterocycles. The Morgan fingerprint density at radius 1 is 0.750 bits per heavy atom. The van der Waals surface area contributed by atoms with Crippen LogP contribution in [-0.2, 0) is 32.0 Å². The predicted octanol–water partition coefficient (Wildman–Crippen LogP) is 0.718. The Morgan fingerprint density at radius 3 is 1.75 bits per heavy atom. The molecule has 2 amide bonds. The molecule has 2 rings (SSSR count). The number of carboxylic acid groups (broad SMARTS) is 2. The van der Waals surface area contributed by atoms with Crippen molar-refractivity contribution in [1.82, 2.24) is 10.6 Å². The normalized spacial score (nSPS) is 13.4. The predicted molar refractivity (Wildman–Crippen MR) is 117 cm³/mol. The summed E-state index contributed by atoms with van der Waals surface area (Å²) in [7, 11) is 0. The lowest BCUT2D eigenvalue weighted by molar-refractivity contribution is -0.143. The third-order valence-corrected chi connectivity index (χ3v) is 4.81. The summed E-state index contributed by atoms with van der Waals surface area (Å²) in [5.74, 6) is -3.81. The van der Waals surface area contributed by atoms with Crippen molar-refractivity contribution in [2.24, 2.45) is 5.73 Å². The molecule has 0 heterocycles. The number of rotatable bonds is 12. The van der Waals surface area contributed by atoms with Crippen LogP contribution in [0.1, 0.15) is 24.0 Å². The molecule has 9 nitrogen and oxygen atoms in total. The minimum absolute atomic E-state index is 0.113. The van der Waals surface area contributed by atoms with Crippen molar-refractivity contribution in [2.45, 2.75) is 43.8 Å². The first-order chi connectivity index (χ1) is 15.3. The number of amides is 2. The summed E-state index contributed by atoms with van der Waals surface area (Å²) in [5, 5.41) is 23.1. The van der Waals surface area contributed by atoms with Crippen LogP contribution in [-0.4, -0.2) is 52.1 Å². The van der Waals surface area contributed by atoms with Crippen LogP contribution in [0.15, 0.2) is 60.7 Å². The van der Waals surface area contributed by atoms with Crippen LogP contribution < -0.4 is 16.4 Å². The van der Waals surface area contributed by atoms with E-state index < -0.39 is 48.3 Å². The molecule has 0 aliphatic heterocycles. The van der Waals surface area contributed by atoms with E-state index in [1.165, 1.54) is 0 Å². The molecule has 0 saturated heterocycles. The highest BCUT2D eigenvalue weighted by atomic mass is 16.4. The fourth-order valence-corrected chi connectivity index (χ4v) is 3.10. The van der Waals surface area contributed by atoms with Gasteiger partial charge in [0.15, 0.2) is 0 Å². The van der Waals surface area contributed by atoms with Gasteiger partial charge in [-0.05, 0) is 24.0 Å². The molecular weight excluding hydrogens is 414 g/mol. The second kappa shape index (κ2) is 12.2. The smallest absolute Gasteiger partial charge is 0.326 e. The molecule has 9 heteroatoms. The third kappa shape index (κ3) is 8.19. The highest BCUT2D eigenvalue weighted by Gasteiger charge is 2.28. The van der Waals surface area contributed by atoms with Crippen molar-refractivity contribution in [2.75, 3.05) is 0 Å². The topological polar surface area (TPSA) is 159 Å². The van der Waals surface area contributed by atoms with Gasteiger partial charge in [0, 0.05) is 12.8 Å². The Hall–Kier alpha value is -3.72. The largest absolute Gasteiger partial charge is 0.481 e. The van der Waals surface area contributed by atoms with Crippen LogP contribution >= 0.6 is 0 Å². The number of hydrogen-bond acceptors (Lipinski definition) is 5. The van der Waals surface area contributed by atoms with E-state index >= 15 is 0 Å². The average molecular weight is 441 g/mol. The van der Waals surface area contributed by atoms with Gasteiger partial charge in [0.1, 0.15) is 12.1 Å². The van der Waals surface area contributed by atoms with E-state index in [1.807, 2.05) is 30.3 Å². The Kier molecular flexibility index (Phi) is 9.37. The van der Waals surface area contributed by atoms with Gasteiger partial charge < -0.3 is 26.6 Å². The van der Waals surface area contributed by atoms with Gasteiger partial charge in [0.25, 0.3) is 0 Å². The van der Waals surface area contributed by atoms with Crippen LogP contribution in [0.25, 0.3) is 0 Å². The Balaban J connectivity index is 2.11. The SMILES string of the molecule is NC(Cc1ccccc1)C(=O)NC(Cc1ccccc1)C(=O)NC(CCC(=O)O)C(=O)O. The van der Waals surface area contributed by atoms with E-state index in [-0.39, 0.29) is 19.3 Å².